The van der Waals surface area contributed by atoms with E-state index in [4.69, 9.17) is 14.2 Å². The van der Waals surface area contributed by atoms with E-state index in [1.165, 1.54) is 0 Å². The minimum absolute atomic E-state index is 0.135. The summed E-state index contributed by atoms with van der Waals surface area (Å²) < 4.78 is 15.0. The maximum Gasteiger partial charge on any atom is 0.314 e. The monoisotopic (exact) mass is 174 g/mol. The number of carbonyl (C=O) groups is 1. The summed E-state index contributed by atoms with van der Waals surface area (Å²) in [4.78, 5) is 11.2. The smallest absolute Gasteiger partial charge is 0.314 e. The van der Waals surface area contributed by atoms with Gasteiger partial charge in [0.15, 0.2) is 0 Å². The van der Waals surface area contributed by atoms with Gasteiger partial charge >= 0.3 is 5.97 Å². The molecule has 0 radical (unpaired) electrons. The molecule has 0 saturated carbocycles. The number of methoxy groups -OCH3 is 1. The van der Waals surface area contributed by atoms with Crippen molar-refractivity contribution in [3.05, 3.63) is 0 Å². The highest BCUT2D eigenvalue weighted by Crippen LogP contribution is 2.17. The van der Waals surface area contributed by atoms with Crippen molar-refractivity contribution in [2.45, 2.75) is 13.0 Å². The second-order valence-electron chi connectivity index (χ2n) is 2.67. The van der Waals surface area contributed by atoms with Crippen LogP contribution in [0.25, 0.3) is 0 Å². The molecule has 0 aromatic carbocycles. The van der Waals surface area contributed by atoms with Crippen molar-refractivity contribution in [1.82, 2.24) is 0 Å². The van der Waals surface area contributed by atoms with Crippen molar-refractivity contribution in [3.8, 4) is 0 Å². The average molecular weight is 174 g/mol. The Labute approximate surface area is 71.8 Å². The van der Waals surface area contributed by atoms with E-state index < -0.39 is 0 Å². The lowest BCUT2D eigenvalue weighted by Gasteiger charge is -2.13. The van der Waals surface area contributed by atoms with Crippen molar-refractivity contribution in [2.75, 3.05) is 26.9 Å². The minimum atomic E-state index is -0.241. The Balaban J connectivity index is 2.43. The SMILES string of the molecule is CCOC(=O)[C@@H]1COC[C@H]1OC. The summed E-state index contributed by atoms with van der Waals surface area (Å²) in [5, 5.41) is 0. The van der Waals surface area contributed by atoms with E-state index >= 15 is 0 Å². The molecule has 0 bridgehead atoms. The van der Waals surface area contributed by atoms with E-state index in [1.807, 2.05) is 0 Å². The molecule has 0 aliphatic carbocycles. The van der Waals surface area contributed by atoms with Crippen LogP contribution in [0.15, 0.2) is 0 Å². The van der Waals surface area contributed by atoms with Gasteiger partial charge in [-0.25, -0.2) is 0 Å². The van der Waals surface area contributed by atoms with Crippen molar-refractivity contribution >= 4 is 5.97 Å². The van der Waals surface area contributed by atoms with E-state index in [0.717, 1.165) is 0 Å². The summed E-state index contributed by atoms with van der Waals surface area (Å²) in [6.45, 7) is 3.10. The first kappa shape index (κ1) is 9.48. The third-order valence-electron chi connectivity index (χ3n) is 1.92. The molecule has 1 heterocycles. The van der Waals surface area contributed by atoms with Crippen LogP contribution in [0.2, 0.25) is 0 Å². The molecule has 2 atom stereocenters. The van der Waals surface area contributed by atoms with Gasteiger partial charge in [-0.1, -0.05) is 0 Å². The molecule has 1 aliphatic rings. The van der Waals surface area contributed by atoms with Gasteiger partial charge in [-0.15, -0.1) is 0 Å². The molecule has 1 rings (SSSR count). The maximum atomic E-state index is 11.2. The maximum absolute atomic E-state index is 11.2. The number of rotatable bonds is 3. The van der Waals surface area contributed by atoms with Crippen LogP contribution >= 0.6 is 0 Å². The summed E-state index contributed by atoms with van der Waals surface area (Å²) in [5.41, 5.74) is 0. The highest BCUT2D eigenvalue weighted by Gasteiger charge is 2.35. The van der Waals surface area contributed by atoms with Crippen LogP contribution in [-0.4, -0.2) is 39.0 Å². The van der Waals surface area contributed by atoms with Gasteiger partial charge in [-0.2, -0.15) is 0 Å². The van der Waals surface area contributed by atoms with E-state index in [9.17, 15) is 4.79 Å². The third-order valence-corrected chi connectivity index (χ3v) is 1.92. The molecule has 70 valence electrons. The van der Waals surface area contributed by atoms with Crippen LogP contribution in [-0.2, 0) is 19.0 Å². The van der Waals surface area contributed by atoms with Crippen LogP contribution in [0.1, 0.15) is 6.92 Å². The lowest BCUT2D eigenvalue weighted by molar-refractivity contribution is -0.151. The van der Waals surface area contributed by atoms with Crippen molar-refractivity contribution < 1.29 is 19.0 Å². The molecule has 0 N–H and O–H groups in total. The van der Waals surface area contributed by atoms with Gasteiger partial charge in [0, 0.05) is 7.11 Å². The predicted octanol–water partition coefficient (Wildman–Crippen LogP) is 0.211. The molecule has 0 amide bonds. The van der Waals surface area contributed by atoms with Crippen LogP contribution in [0.5, 0.6) is 0 Å². The number of ether oxygens (including phenoxy) is 3. The van der Waals surface area contributed by atoms with Gasteiger partial charge in [-0.05, 0) is 6.92 Å². The van der Waals surface area contributed by atoms with Gasteiger partial charge < -0.3 is 14.2 Å². The van der Waals surface area contributed by atoms with Gasteiger partial charge in [0.1, 0.15) is 5.92 Å². The fourth-order valence-corrected chi connectivity index (χ4v) is 1.24. The highest BCUT2D eigenvalue weighted by atomic mass is 16.6. The molecule has 0 aromatic heterocycles. The first-order chi connectivity index (χ1) is 5.79. The molecule has 1 aliphatic heterocycles. The Hall–Kier alpha value is -0.610. The first-order valence-corrected chi connectivity index (χ1v) is 4.06. The van der Waals surface area contributed by atoms with Crippen molar-refractivity contribution in [2.24, 2.45) is 5.92 Å². The number of hydrogen-bond donors (Lipinski definition) is 0. The van der Waals surface area contributed by atoms with E-state index in [2.05, 4.69) is 0 Å². The van der Waals surface area contributed by atoms with Gasteiger partial charge in [-0.3, -0.25) is 4.79 Å². The topological polar surface area (TPSA) is 44.8 Å². The van der Waals surface area contributed by atoms with Crippen LogP contribution in [0, 0.1) is 5.92 Å². The number of carbonyl (C=O) groups excluding carboxylic acids is 1. The Kier molecular flexibility index (Phi) is 3.49. The molecule has 1 saturated heterocycles. The molecule has 4 nitrogen and oxygen atoms in total. The summed E-state index contributed by atoms with van der Waals surface area (Å²) in [6, 6.07) is 0. The number of esters is 1. The summed E-state index contributed by atoms with van der Waals surface area (Å²) >= 11 is 0. The van der Waals surface area contributed by atoms with Crippen LogP contribution < -0.4 is 0 Å². The third kappa shape index (κ3) is 1.95. The Morgan fingerprint density at radius 2 is 2.33 bits per heavy atom. The molecule has 0 spiro atoms. The fraction of sp³-hybridized carbons (Fsp3) is 0.875. The molecular formula is C8H14O4. The minimum Gasteiger partial charge on any atom is -0.466 e. The first-order valence-electron chi connectivity index (χ1n) is 4.06. The zero-order valence-corrected chi connectivity index (χ0v) is 7.41. The molecule has 12 heavy (non-hydrogen) atoms. The molecule has 0 aromatic rings. The van der Waals surface area contributed by atoms with Crippen molar-refractivity contribution in [3.63, 3.8) is 0 Å². The summed E-state index contributed by atoms with van der Waals surface area (Å²) in [6.07, 6.45) is -0.135. The Morgan fingerprint density at radius 1 is 1.58 bits per heavy atom. The summed E-state index contributed by atoms with van der Waals surface area (Å²) in [7, 11) is 1.57. The Morgan fingerprint density at radius 3 is 2.92 bits per heavy atom. The van der Waals surface area contributed by atoms with E-state index in [0.29, 0.717) is 19.8 Å². The molecule has 0 unspecified atom stereocenters. The van der Waals surface area contributed by atoms with Gasteiger partial charge in [0.25, 0.3) is 0 Å². The zero-order chi connectivity index (χ0) is 8.97. The Bertz CT molecular complexity index is 157. The highest BCUT2D eigenvalue weighted by molar-refractivity contribution is 5.73. The zero-order valence-electron chi connectivity index (χ0n) is 7.41. The van der Waals surface area contributed by atoms with Crippen LogP contribution in [0.4, 0.5) is 0 Å². The van der Waals surface area contributed by atoms with Crippen molar-refractivity contribution in [1.29, 1.82) is 0 Å². The fourth-order valence-electron chi connectivity index (χ4n) is 1.24. The molecule has 1 fully saturated rings. The lowest BCUT2D eigenvalue weighted by atomic mass is 10.1. The lowest BCUT2D eigenvalue weighted by Crippen LogP contribution is -2.29. The van der Waals surface area contributed by atoms with E-state index in [1.54, 1.807) is 14.0 Å². The largest absolute Gasteiger partial charge is 0.466 e. The molecular weight excluding hydrogens is 160 g/mol. The number of hydrogen-bond acceptors (Lipinski definition) is 4. The van der Waals surface area contributed by atoms with Crippen LogP contribution in [0.3, 0.4) is 0 Å². The predicted molar refractivity (Wildman–Crippen MR) is 41.7 cm³/mol. The summed E-state index contributed by atoms with van der Waals surface area (Å²) in [5.74, 6) is -0.461. The standard InChI is InChI=1S/C8H14O4/c1-3-12-8(9)6-4-11-5-7(6)10-2/h6-7H,3-5H2,1-2H3/t6-,7-/m1/s1. The second kappa shape index (κ2) is 4.42. The van der Waals surface area contributed by atoms with E-state index in [-0.39, 0.29) is 18.0 Å². The average Bonchev–Trinajstić information content (AvgIpc) is 2.51. The van der Waals surface area contributed by atoms with Gasteiger partial charge in [0.2, 0.25) is 0 Å². The quantitative estimate of drug-likeness (QED) is 0.574. The van der Waals surface area contributed by atoms with Gasteiger partial charge in [0.05, 0.1) is 25.9 Å². The normalized spacial score (nSPS) is 28.8. The molecule has 4 heteroatoms. The second-order valence-corrected chi connectivity index (χ2v) is 2.67.